The molecule has 0 saturated carbocycles. The lowest BCUT2D eigenvalue weighted by Gasteiger charge is -2.07. The van der Waals surface area contributed by atoms with Crippen molar-refractivity contribution in [2.45, 2.75) is 18.4 Å². The molecule has 2 rings (SSSR count). The van der Waals surface area contributed by atoms with E-state index >= 15 is 0 Å². The Labute approximate surface area is 140 Å². The van der Waals surface area contributed by atoms with E-state index in [0.717, 1.165) is 5.56 Å². The minimum atomic E-state index is -3.51. The molecule has 0 heterocycles. The van der Waals surface area contributed by atoms with Crippen molar-refractivity contribution in [3.8, 4) is 0 Å². The average molecular weight is 353 g/mol. The van der Waals surface area contributed by atoms with Crippen molar-refractivity contribution in [3.05, 3.63) is 64.7 Å². The van der Waals surface area contributed by atoms with Gasteiger partial charge in [0.1, 0.15) is 0 Å². The van der Waals surface area contributed by atoms with Gasteiger partial charge in [-0.1, -0.05) is 30.7 Å². The minimum Gasteiger partial charge on any atom is -0.348 e. The van der Waals surface area contributed by atoms with Crippen LogP contribution in [0.4, 0.5) is 0 Å². The van der Waals surface area contributed by atoms with E-state index in [-0.39, 0.29) is 10.8 Å². The molecule has 23 heavy (non-hydrogen) atoms. The van der Waals surface area contributed by atoms with Crippen LogP contribution in [0.25, 0.3) is 0 Å². The monoisotopic (exact) mass is 352 g/mol. The number of amides is 1. The summed E-state index contributed by atoms with van der Waals surface area (Å²) < 4.78 is 26.1. The van der Waals surface area contributed by atoms with Gasteiger partial charge in [-0.2, -0.15) is 0 Å². The summed E-state index contributed by atoms with van der Waals surface area (Å²) in [4.78, 5) is 12.2. The normalized spacial score (nSPS) is 11.2. The van der Waals surface area contributed by atoms with Gasteiger partial charge in [0.05, 0.1) is 4.90 Å². The van der Waals surface area contributed by atoms with Gasteiger partial charge in [0.15, 0.2) is 0 Å². The van der Waals surface area contributed by atoms with Crippen molar-refractivity contribution in [2.24, 2.45) is 0 Å². The van der Waals surface area contributed by atoms with E-state index in [2.05, 4.69) is 10.0 Å². The highest BCUT2D eigenvalue weighted by atomic mass is 35.5. The Morgan fingerprint density at radius 3 is 2.43 bits per heavy atom. The number of carbonyl (C=O) groups is 1. The third-order valence-electron chi connectivity index (χ3n) is 3.10. The molecule has 122 valence electrons. The van der Waals surface area contributed by atoms with E-state index in [1.165, 1.54) is 24.3 Å². The predicted molar refractivity (Wildman–Crippen MR) is 89.9 cm³/mol. The van der Waals surface area contributed by atoms with Gasteiger partial charge in [0.2, 0.25) is 10.0 Å². The highest BCUT2D eigenvalue weighted by molar-refractivity contribution is 7.89. The molecule has 0 aliphatic rings. The van der Waals surface area contributed by atoms with Crippen LogP contribution in [0.3, 0.4) is 0 Å². The van der Waals surface area contributed by atoms with Crippen LogP contribution in [-0.2, 0) is 16.6 Å². The molecule has 5 nitrogen and oxygen atoms in total. The van der Waals surface area contributed by atoms with Gasteiger partial charge in [-0.25, -0.2) is 13.1 Å². The number of rotatable bonds is 6. The summed E-state index contributed by atoms with van der Waals surface area (Å²) in [6.45, 7) is 2.36. The topological polar surface area (TPSA) is 75.3 Å². The number of sulfonamides is 1. The summed E-state index contributed by atoms with van der Waals surface area (Å²) in [6.07, 6.45) is 0. The third kappa shape index (κ3) is 4.79. The van der Waals surface area contributed by atoms with Gasteiger partial charge < -0.3 is 5.32 Å². The van der Waals surface area contributed by atoms with E-state index in [1.54, 1.807) is 19.1 Å². The van der Waals surface area contributed by atoms with Crippen LogP contribution in [0, 0.1) is 0 Å². The number of hydrogen-bond donors (Lipinski definition) is 2. The van der Waals surface area contributed by atoms with Crippen LogP contribution in [0.15, 0.2) is 53.4 Å². The Bertz CT molecular complexity index is 789. The fraction of sp³-hybridized carbons (Fsp3) is 0.188. The number of benzene rings is 2. The Balaban J connectivity index is 2.03. The molecule has 0 aromatic heterocycles. The van der Waals surface area contributed by atoms with Crippen molar-refractivity contribution in [1.29, 1.82) is 0 Å². The molecule has 0 fully saturated rings. The zero-order valence-corrected chi connectivity index (χ0v) is 14.1. The Morgan fingerprint density at radius 2 is 1.83 bits per heavy atom. The number of hydrogen-bond acceptors (Lipinski definition) is 3. The van der Waals surface area contributed by atoms with Crippen LogP contribution < -0.4 is 10.0 Å². The maximum Gasteiger partial charge on any atom is 0.251 e. The van der Waals surface area contributed by atoms with Crippen LogP contribution in [-0.4, -0.2) is 20.9 Å². The van der Waals surface area contributed by atoms with Crippen LogP contribution in [0.5, 0.6) is 0 Å². The van der Waals surface area contributed by atoms with Crippen molar-refractivity contribution in [1.82, 2.24) is 10.0 Å². The highest BCUT2D eigenvalue weighted by Crippen LogP contribution is 2.12. The van der Waals surface area contributed by atoms with Crippen LogP contribution in [0.2, 0.25) is 5.02 Å². The summed E-state index contributed by atoms with van der Waals surface area (Å²) in [5, 5.41) is 3.37. The highest BCUT2D eigenvalue weighted by Gasteiger charge is 2.13. The smallest absolute Gasteiger partial charge is 0.251 e. The van der Waals surface area contributed by atoms with Gasteiger partial charge in [-0.15, -0.1) is 0 Å². The first-order valence-corrected chi connectivity index (χ1v) is 8.91. The van der Waals surface area contributed by atoms with Crippen LogP contribution >= 0.6 is 11.6 Å². The van der Waals surface area contributed by atoms with E-state index in [4.69, 9.17) is 11.6 Å². The number of halogens is 1. The summed E-state index contributed by atoms with van der Waals surface area (Å²) in [6, 6.07) is 13.0. The summed E-state index contributed by atoms with van der Waals surface area (Å²) in [7, 11) is -3.51. The molecular formula is C16H17ClN2O3S. The zero-order chi connectivity index (χ0) is 16.9. The predicted octanol–water partition coefficient (Wildman–Crippen LogP) is 2.57. The molecule has 0 unspecified atom stereocenters. The molecule has 0 aliphatic heterocycles. The molecular weight excluding hydrogens is 336 g/mol. The summed E-state index contributed by atoms with van der Waals surface area (Å²) >= 11 is 5.89. The van der Waals surface area contributed by atoms with Crippen molar-refractivity contribution < 1.29 is 13.2 Å². The maximum atomic E-state index is 12.1. The molecule has 7 heteroatoms. The summed E-state index contributed by atoms with van der Waals surface area (Å²) in [5.41, 5.74) is 1.28. The molecule has 0 saturated heterocycles. The lowest BCUT2D eigenvalue weighted by atomic mass is 10.2. The largest absolute Gasteiger partial charge is 0.348 e. The fourth-order valence-electron chi connectivity index (χ4n) is 1.99. The van der Waals surface area contributed by atoms with Gasteiger partial charge in [0, 0.05) is 23.7 Å². The number of carbonyl (C=O) groups excluding carboxylic acids is 1. The molecule has 2 aromatic carbocycles. The third-order valence-corrected chi connectivity index (χ3v) is 4.90. The average Bonchev–Trinajstić information content (AvgIpc) is 2.53. The molecule has 0 radical (unpaired) electrons. The molecule has 0 spiro atoms. The van der Waals surface area contributed by atoms with Gasteiger partial charge in [0.25, 0.3) is 5.91 Å². The molecule has 0 atom stereocenters. The molecule has 2 aromatic rings. The zero-order valence-electron chi connectivity index (χ0n) is 12.5. The minimum absolute atomic E-state index is 0.130. The van der Waals surface area contributed by atoms with E-state index in [1.807, 2.05) is 12.1 Å². The second kappa shape index (κ2) is 7.59. The van der Waals surface area contributed by atoms with Crippen molar-refractivity contribution in [2.75, 3.05) is 6.54 Å². The first-order valence-electron chi connectivity index (χ1n) is 7.05. The lowest BCUT2D eigenvalue weighted by Crippen LogP contribution is -2.24. The Hall–Kier alpha value is -1.89. The lowest BCUT2D eigenvalue weighted by molar-refractivity contribution is 0.0951. The molecule has 1 amide bonds. The van der Waals surface area contributed by atoms with Crippen LogP contribution in [0.1, 0.15) is 22.8 Å². The van der Waals surface area contributed by atoms with Gasteiger partial charge in [-0.3, -0.25) is 4.79 Å². The van der Waals surface area contributed by atoms with E-state index in [9.17, 15) is 13.2 Å². The number of nitrogens with one attached hydrogen (secondary N) is 2. The van der Waals surface area contributed by atoms with Gasteiger partial charge >= 0.3 is 0 Å². The Kier molecular flexibility index (Phi) is 5.76. The van der Waals surface area contributed by atoms with E-state index < -0.39 is 10.0 Å². The standard InChI is InChI=1S/C16H17ClN2O3S/c1-2-19-23(21,22)15-8-6-13(7-9-15)16(20)18-11-12-4-3-5-14(17)10-12/h3-10,19H,2,11H2,1H3,(H,18,20). The quantitative estimate of drug-likeness (QED) is 0.839. The first-order chi connectivity index (χ1) is 10.9. The fourth-order valence-corrected chi connectivity index (χ4v) is 3.24. The maximum absolute atomic E-state index is 12.1. The second-order valence-electron chi connectivity index (χ2n) is 4.84. The van der Waals surface area contributed by atoms with Crippen molar-refractivity contribution in [3.63, 3.8) is 0 Å². The van der Waals surface area contributed by atoms with E-state index in [0.29, 0.717) is 23.7 Å². The molecule has 0 aliphatic carbocycles. The first kappa shape index (κ1) is 17.5. The SMILES string of the molecule is CCNS(=O)(=O)c1ccc(C(=O)NCc2cccc(Cl)c2)cc1. The summed E-state index contributed by atoms with van der Waals surface area (Å²) in [5.74, 6) is -0.280. The van der Waals surface area contributed by atoms with Gasteiger partial charge in [-0.05, 0) is 42.0 Å². The molecule has 0 bridgehead atoms. The Morgan fingerprint density at radius 1 is 1.13 bits per heavy atom. The second-order valence-corrected chi connectivity index (χ2v) is 7.04. The molecule has 2 N–H and O–H groups in total. The van der Waals surface area contributed by atoms with Crippen molar-refractivity contribution >= 4 is 27.5 Å².